The Morgan fingerprint density at radius 2 is 2.16 bits per heavy atom. The average molecular weight is 269 g/mol. The lowest BCUT2D eigenvalue weighted by molar-refractivity contribution is -0.122. The summed E-state index contributed by atoms with van der Waals surface area (Å²) in [5, 5.41) is 6.33. The van der Waals surface area contributed by atoms with Gasteiger partial charge in [0.1, 0.15) is 0 Å². The standard InChI is InChI=1S/C14H27N3O2/c1-19-10-8-16-14(18)11-17-9-2-3-13(17)12-4-6-15-7-5-12/h12-13,15H,2-11H2,1H3,(H,16,18). The Morgan fingerprint density at radius 3 is 2.89 bits per heavy atom. The molecule has 5 nitrogen and oxygen atoms in total. The van der Waals surface area contributed by atoms with E-state index in [2.05, 4.69) is 15.5 Å². The van der Waals surface area contributed by atoms with E-state index >= 15 is 0 Å². The molecular weight excluding hydrogens is 242 g/mol. The second-order valence-electron chi connectivity index (χ2n) is 5.61. The van der Waals surface area contributed by atoms with Crippen molar-refractivity contribution in [1.29, 1.82) is 0 Å². The predicted molar refractivity (Wildman–Crippen MR) is 75.1 cm³/mol. The van der Waals surface area contributed by atoms with Crippen LogP contribution >= 0.6 is 0 Å². The van der Waals surface area contributed by atoms with Crippen molar-refractivity contribution in [3.8, 4) is 0 Å². The van der Waals surface area contributed by atoms with E-state index in [1.807, 2.05) is 0 Å². The zero-order valence-electron chi connectivity index (χ0n) is 12.0. The van der Waals surface area contributed by atoms with Crippen LogP contribution in [0.2, 0.25) is 0 Å². The molecule has 2 aliphatic heterocycles. The summed E-state index contributed by atoms with van der Waals surface area (Å²) < 4.78 is 4.94. The van der Waals surface area contributed by atoms with Gasteiger partial charge in [-0.05, 0) is 51.2 Å². The molecule has 0 spiro atoms. The zero-order valence-corrected chi connectivity index (χ0v) is 12.0. The summed E-state index contributed by atoms with van der Waals surface area (Å²) >= 11 is 0. The van der Waals surface area contributed by atoms with Gasteiger partial charge < -0.3 is 15.4 Å². The molecule has 2 aliphatic rings. The van der Waals surface area contributed by atoms with Crippen molar-refractivity contribution in [1.82, 2.24) is 15.5 Å². The predicted octanol–water partition coefficient (Wildman–Crippen LogP) is 0.213. The van der Waals surface area contributed by atoms with Gasteiger partial charge in [-0.15, -0.1) is 0 Å². The zero-order chi connectivity index (χ0) is 13.5. The molecule has 2 N–H and O–H groups in total. The Balaban J connectivity index is 1.76. The third-order valence-corrected chi connectivity index (χ3v) is 4.32. The number of amides is 1. The molecule has 2 saturated heterocycles. The van der Waals surface area contributed by atoms with Crippen molar-refractivity contribution < 1.29 is 9.53 Å². The highest BCUT2D eigenvalue weighted by atomic mass is 16.5. The average Bonchev–Trinajstić information content (AvgIpc) is 2.88. The second-order valence-corrected chi connectivity index (χ2v) is 5.61. The van der Waals surface area contributed by atoms with Gasteiger partial charge in [0.15, 0.2) is 0 Å². The van der Waals surface area contributed by atoms with Gasteiger partial charge in [-0.1, -0.05) is 0 Å². The Labute approximate surface area is 116 Å². The molecule has 0 aromatic heterocycles. The van der Waals surface area contributed by atoms with Crippen molar-refractivity contribution in [2.75, 3.05) is 46.4 Å². The van der Waals surface area contributed by atoms with Crippen LogP contribution in [0.5, 0.6) is 0 Å². The van der Waals surface area contributed by atoms with E-state index in [-0.39, 0.29) is 5.91 Å². The number of piperidine rings is 1. The van der Waals surface area contributed by atoms with Crippen molar-refractivity contribution in [2.45, 2.75) is 31.7 Å². The topological polar surface area (TPSA) is 53.6 Å². The largest absolute Gasteiger partial charge is 0.383 e. The van der Waals surface area contributed by atoms with Gasteiger partial charge in [0.2, 0.25) is 5.91 Å². The van der Waals surface area contributed by atoms with Crippen molar-refractivity contribution in [2.24, 2.45) is 5.92 Å². The summed E-state index contributed by atoms with van der Waals surface area (Å²) in [4.78, 5) is 14.3. The highest BCUT2D eigenvalue weighted by molar-refractivity contribution is 5.78. The maximum Gasteiger partial charge on any atom is 0.234 e. The minimum atomic E-state index is 0.137. The molecule has 0 bridgehead atoms. The van der Waals surface area contributed by atoms with Crippen LogP contribution in [0.15, 0.2) is 0 Å². The molecule has 19 heavy (non-hydrogen) atoms. The third kappa shape index (κ3) is 4.44. The van der Waals surface area contributed by atoms with Crippen LogP contribution in [0.25, 0.3) is 0 Å². The maximum absolute atomic E-state index is 11.9. The normalized spacial score (nSPS) is 25.6. The number of carbonyl (C=O) groups excluding carboxylic acids is 1. The Bertz CT molecular complexity index is 280. The molecule has 0 saturated carbocycles. The molecule has 0 aliphatic carbocycles. The number of methoxy groups -OCH3 is 1. The van der Waals surface area contributed by atoms with Gasteiger partial charge in [0, 0.05) is 19.7 Å². The first-order valence-corrected chi connectivity index (χ1v) is 7.51. The summed E-state index contributed by atoms with van der Waals surface area (Å²) in [6, 6.07) is 0.621. The van der Waals surface area contributed by atoms with E-state index in [0.29, 0.717) is 25.7 Å². The lowest BCUT2D eigenvalue weighted by Gasteiger charge is -2.34. The Morgan fingerprint density at radius 1 is 1.37 bits per heavy atom. The van der Waals surface area contributed by atoms with Gasteiger partial charge in [0.05, 0.1) is 13.2 Å². The molecule has 0 aromatic carbocycles. The van der Waals surface area contributed by atoms with Gasteiger partial charge in [0.25, 0.3) is 0 Å². The summed E-state index contributed by atoms with van der Waals surface area (Å²) in [5.41, 5.74) is 0. The lowest BCUT2D eigenvalue weighted by atomic mass is 9.89. The molecule has 2 heterocycles. The van der Waals surface area contributed by atoms with Crippen LogP contribution in [-0.4, -0.2) is 63.3 Å². The maximum atomic E-state index is 11.9. The summed E-state index contributed by atoms with van der Waals surface area (Å²) in [7, 11) is 1.65. The van der Waals surface area contributed by atoms with Crippen LogP contribution < -0.4 is 10.6 Å². The van der Waals surface area contributed by atoms with E-state index in [9.17, 15) is 4.79 Å². The van der Waals surface area contributed by atoms with Crippen LogP contribution in [0.4, 0.5) is 0 Å². The fourth-order valence-electron chi connectivity index (χ4n) is 3.34. The minimum Gasteiger partial charge on any atom is -0.383 e. The van der Waals surface area contributed by atoms with E-state index < -0.39 is 0 Å². The number of nitrogens with one attached hydrogen (secondary N) is 2. The Kier molecular flexibility index (Phi) is 6.07. The number of carbonyl (C=O) groups is 1. The van der Waals surface area contributed by atoms with Gasteiger partial charge >= 0.3 is 0 Å². The number of nitrogens with zero attached hydrogens (tertiary/aromatic N) is 1. The van der Waals surface area contributed by atoms with Crippen molar-refractivity contribution >= 4 is 5.91 Å². The molecule has 0 aromatic rings. The SMILES string of the molecule is COCCNC(=O)CN1CCCC1C1CCNCC1. The quantitative estimate of drug-likeness (QED) is 0.677. The van der Waals surface area contributed by atoms with Gasteiger partial charge in [-0.25, -0.2) is 0 Å². The molecule has 5 heteroatoms. The number of ether oxygens (including phenoxy) is 1. The molecule has 1 unspecified atom stereocenters. The number of likely N-dealkylation sites (tertiary alicyclic amines) is 1. The van der Waals surface area contributed by atoms with Crippen LogP contribution in [-0.2, 0) is 9.53 Å². The van der Waals surface area contributed by atoms with E-state index in [0.717, 1.165) is 25.6 Å². The molecule has 1 atom stereocenters. The third-order valence-electron chi connectivity index (χ3n) is 4.32. The molecular formula is C14H27N3O2. The Hall–Kier alpha value is -0.650. The van der Waals surface area contributed by atoms with E-state index in [1.165, 1.54) is 25.7 Å². The summed E-state index contributed by atoms with van der Waals surface area (Å²) in [6.07, 6.45) is 5.01. The second kappa shape index (κ2) is 7.82. The molecule has 2 fully saturated rings. The van der Waals surface area contributed by atoms with Crippen LogP contribution in [0, 0.1) is 5.92 Å². The number of hydrogen-bond donors (Lipinski definition) is 2. The van der Waals surface area contributed by atoms with Crippen LogP contribution in [0.1, 0.15) is 25.7 Å². The van der Waals surface area contributed by atoms with Gasteiger partial charge in [-0.3, -0.25) is 9.69 Å². The van der Waals surface area contributed by atoms with E-state index in [1.54, 1.807) is 7.11 Å². The first-order chi connectivity index (χ1) is 9.31. The summed E-state index contributed by atoms with van der Waals surface area (Å²) in [6.45, 7) is 5.10. The monoisotopic (exact) mass is 269 g/mol. The smallest absolute Gasteiger partial charge is 0.234 e. The summed E-state index contributed by atoms with van der Waals surface area (Å²) in [5.74, 6) is 0.911. The fourth-order valence-corrected chi connectivity index (χ4v) is 3.34. The highest BCUT2D eigenvalue weighted by Crippen LogP contribution is 2.29. The van der Waals surface area contributed by atoms with Gasteiger partial charge in [-0.2, -0.15) is 0 Å². The first kappa shape index (κ1) is 14.8. The minimum absolute atomic E-state index is 0.137. The van der Waals surface area contributed by atoms with Crippen molar-refractivity contribution in [3.63, 3.8) is 0 Å². The van der Waals surface area contributed by atoms with E-state index in [4.69, 9.17) is 4.74 Å². The molecule has 2 rings (SSSR count). The molecule has 0 radical (unpaired) electrons. The first-order valence-electron chi connectivity index (χ1n) is 7.51. The van der Waals surface area contributed by atoms with Crippen LogP contribution in [0.3, 0.4) is 0 Å². The number of hydrogen-bond acceptors (Lipinski definition) is 4. The lowest BCUT2D eigenvalue weighted by Crippen LogP contribution is -2.45. The molecule has 110 valence electrons. The highest BCUT2D eigenvalue weighted by Gasteiger charge is 2.33. The van der Waals surface area contributed by atoms with Crippen molar-refractivity contribution in [3.05, 3.63) is 0 Å². The fraction of sp³-hybridized carbons (Fsp3) is 0.929. The number of rotatable bonds is 6. The molecule has 1 amide bonds.